The van der Waals surface area contributed by atoms with E-state index in [4.69, 9.17) is 16.7 Å². The lowest BCUT2D eigenvalue weighted by Crippen LogP contribution is -2.47. The number of carboxylic acids is 1. The van der Waals surface area contributed by atoms with E-state index in [-0.39, 0.29) is 23.0 Å². The number of carboxylic acid groups (broad SMARTS) is 1. The molecule has 0 bridgehead atoms. The third kappa shape index (κ3) is 3.50. The number of aromatic nitrogens is 2. The molecule has 1 aromatic heterocycles. The van der Waals surface area contributed by atoms with Gasteiger partial charge in [-0.05, 0) is 20.8 Å². The molecule has 0 aliphatic carbocycles. The molecular weight excluding hydrogens is 306 g/mol. The normalized spacial score (nSPS) is 12.9. The van der Waals surface area contributed by atoms with Gasteiger partial charge < -0.3 is 5.11 Å². The third-order valence-corrected chi connectivity index (χ3v) is 5.33. The zero-order valence-electron chi connectivity index (χ0n) is 11.8. The summed E-state index contributed by atoms with van der Waals surface area (Å²) in [7, 11) is -2.46. The monoisotopic (exact) mass is 323 g/mol. The summed E-state index contributed by atoms with van der Waals surface area (Å²) in [4.78, 5) is 10.7. The molecule has 9 heteroatoms. The zero-order chi connectivity index (χ0) is 15.7. The minimum atomic E-state index is -3.93. The first-order valence-corrected chi connectivity index (χ1v) is 7.72. The Balaban J connectivity index is 3.29. The fraction of sp³-hybridized carbons (Fsp3) is 0.636. The molecule has 0 radical (unpaired) electrons. The Labute approximate surface area is 123 Å². The zero-order valence-corrected chi connectivity index (χ0v) is 13.4. The fourth-order valence-electron chi connectivity index (χ4n) is 1.81. The highest BCUT2D eigenvalue weighted by molar-refractivity contribution is 7.89. The molecule has 0 unspecified atom stereocenters. The van der Waals surface area contributed by atoms with Gasteiger partial charge in [0.25, 0.3) is 10.0 Å². The van der Waals surface area contributed by atoms with Crippen molar-refractivity contribution in [3.63, 3.8) is 0 Å². The quantitative estimate of drug-likeness (QED) is 0.882. The lowest BCUT2D eigenvalue weighted by Gasteiger charge is -2.34. The summed E-state index contributed by atoms with van der Waals surface area (Å²) in [6.45, 7) is 4.94. The van der Waals surface area contributed by atoms with E-state index in [0.29, 0.717) is 0 Å². The molecule has 1 rings (SSSR count). The van der Waals surface area contributed by atoms with Crippen LogP contribution >= 0.6 is 11.6 Å². The van der Waals surface area contributed by atoms with Crippen LogP contribution in [0.4, 0.5) is 0 Å². The molecule has 1 N–H and O–H groups in total. The highest BCUT2D eigenvalue weighted by Gasteiger charge is 2.37. The van der Waals surface area contributed by atoms with Crippen molar-refractivity contribution in [3.05, 3.63) is 11.2 Å². The third-order valence-electron chi connectivity index (χ3n) is 2.65. The molecule has 0 spiro atoms. The van der Waals surface area contributed by atoms with Gasteiger partial charge in [0.15, 0.2) is 5.03 Å². The average molecular weight is 324 g/mol. The molecular formula is C11H18ClN3O4S. The molecule has 7 nitrogen and oxygen atoms in total. The standard InChI is InChI=1S/C11H18ClN3O4S/c1-11(2,3)15(6-5-9(16)17)20(18,19)10-8(12)7-13-14(10)4/h7H,5-6H2,1-4H3,(H,16,17). The van der Waals surface area contributed by atoms with Gasteiger partial charge in [0.1, 0.15) is 0 Å². The van der Waals surface area contributed by atoms with Crippen molar-refractivity contribution >= 4 is 27.6 Å². The molecule has 0 saturated heterocycles. The Hall–Kier alpha value is -1.12. The van der Waals surface area contributed by atoms with Crippen LogP contribution in [0.5, 0.6) is 0 Å². The summed E-state index contributed by atoms with van der Waals surface area (Å²) in [6.07, 6.45) is 0.957. The predicted octanol–water partition coefficient (Wildman–Crippen LogP) is 1.34. The molecule has 0 aliphatic heterocycles. The Kier molecular flexibility index (Phi) is 4.83. The minimum Gasteiger partial charge on any atom is -0.481 e. The predicted molar refractivity (Wildman–Crippen MR) is 74.1 cm³/mol. The van der Waals surface area contributed by atoms with E-state index in [1.807, 2.05) is 0 Å². The van der Waals surface area contributed by atoms with E-state index < -0.39 is 21.5 Å². The summed E-state index contributed by atoms with van der Waals surface area (Å²) in [5.74, 6) is -1.06. The van der Waals surface area contributed by atoms with Crippen LogP contribution in [0.25, 0.3) is 0 Å². The highest BCUT2D eigenvalue weighted by atomic mass is 35.5. The van der Waals surface area contributed by atoms with Crippen molar-refractivity contribution in [1.29, 1.82) is 0 Å². The number of carbonyl (C=O) groups is 1. The minimum absolute atomic E-state index is 0.0112. The van der Waals surface area contributed by atoms with Gasteiger partial charge in [0, 0.05) is 19.1 Å². The van der Waals surface area contributed by atoms with E-state index in [0.717, 1.165) is 8.99 Å². The molecule has 20 heavy (non-hydrogen) atoms. The molecule has 0 aromatic carbocycles. The van der Waals surface area contributed by atoms with Gasteiger partial charge in [-0.25, -0.2) is 8.42 Å². The first-order valence-electron chi connectivity index (χ1n) is 5.90. The van der Waals surface area contributed by atoms with Crippen LogP contribution in [0.3, 0.4) is 0 Å². The number of rotatable bonds is 5. The lowest BCUT2D eigenvalue weighted by atomic mass is 10.1. The fourth-order valence-corrected chi connectivity index (χ4v) is 4.21. The maximum absolute atomic E-state index is 12.7. The maximum Gasteiger partial charge on any atom is 0.304 e. The first-order chi connectivity index (χ1) is 8.98. The van der Waals surface area contributed by atoms with Crippen molar-refractivity contribution in [2.45, 2.75) is 37.8 Å². The van der Waals surface area contributed by atoms with Gasteiger partial charge in [0.2, 0.25) is 0 Å². The summed E-state index contributed by atoms with van der Waals surface area (Å²) in [5.41, 5.74) is -0.776. The molecule has 114 valence electrons. The Morgan fingerprint density at radius 1 is 1.50 bits per heavy atom. The summed E-state index contributed by atoms with van der Waals surface area (Å²) in [5, 5.41) is 12.4. The number of nitrogens with zero attached hydrogens (tertiary/aromatic N) is 3. The SMILES string of the molecule is Cn1ncc(Cl)c1S(=O)(=O)N(CCC(=O)O)C(C)(C)C. The number of halogens is 1. The van der Waals surface area contributed by atoms with Crippen LogP contribution < -0.4 is 0 Å². The van der Waals surface area contributed by atoms with E-state index in [1.165, 1.54) is 13.2 Å². The topological polar surface area (TPSA) is 92.5 Å². The lowest BCUT2D eigenvalue weighted by molar-refractivity contribution is -0.137. The van der Waals surface area contributed by atoms with Crippen LogP contribution in [0.1, 0.15) is 27.2 Å². The summed E-state index contributed by atoms with van der Waals surface area (Å²) < 4.78 is 27.7. The van der Waals surface area contributed by atoms with Crippen molar-refractivity contribution < 1.29 is 18.3 Å². The molecule has 0 atom stereocenters. The van der Waals surface area contributed by atoms with Gasteiger partial charge in [-0.3, -0.25) is 9.48 Å². The van der Waals surface area contributed by atoms with Crippen molar-refractivity contribution in [3.8, 4) is 0 Å². The smallest absolute Gasteiger partial charge is 0.304 e. The molecule has 1 heterocycles. The number of hydrogen-bond acceptors (Lipinski definition) is 4. The Morgan fingerprint density at radius 2 is 2.05 bits per heavy atom. The van der Waals surface area contributed by atoms with Crippen LogP contribution in [0.15, 0.2) is 11.2 Å². The number of aryl methyl sites for hydroxylation is 1. The van der Waals surface area contributed by atoms with Gasteiger partial charge in [-0.2, -0.15) is 9.40 Å². The van der Waals surface area contributed by atoms with Gasteiger partial charge >= 0.3 is 5.97 Å². The van der Waals surface area contributed by atoms with E-state index in [9.17, 15) is 13.2 Å². The van der Waals surface area contributed by atoms with Crippen LogP contribution in [-0.2, 0) is 21.9 Å². The first kappa shape index (κ1) is 16.9. The Morgan fingerprint density at radius 3 is 2.40 bits per heavy atom. The largest absolute Gasteiger partial charge is 0.481 e. The van der Waals surface area contributed by atoms with Crippen LogP contribution in [-0.4, -0.2) is 45.7 Å². The highest BCUT2D eigenvalue weighted by Crippen LogP contribution is 2.28. The van der Waals surface area contributed by atoms with Gasteiger partial charge in [-0.1, -0.05) is 11.6 Å². The molecule has 0 fully saturated rings. The summed E-state index contributed by atoms with van der Waals surface area (Å²) >= 11 is 5.88. The second kappa shape index (κ2) is 5.71. The van der Waals surface area contributed by atoms with Crippen molar-refractivity contribution in [1.82, 2.24) is 14.1 Å². The maximum atomic E-state index is 12.7. The van der Waals surface area contributed by atoms with Crippen molar-refractivity contribution in [2.75, 3.05) is 6.54 Å². The number of aliphatic carboxylic acids is 1. The molecule has 1 aromatic rings. The number of hydrogen-bond donors (Lipinski definition) is 1. The van der Waals surface area contributed by atoms with Crippen molar-refractivity contribution in [2.24, 2.45) is 7.05 Å². The Bertz CT molecular complexity index is 584. The number of sulfonamides is 1. The van der Waals surface area contributed by atoms with E-state index in [2.05, 4.69) is 5.10 Å². The molecule has 0 saturated carbocycles. The van der Waals surface area contributed by atoms with E-state index >= 15 is 0 Å². The van der Waals surface area contributed by atoms with E-state index in [1.54, 1.807) is 20.8 Å². The molecule has 0 amide bonds. The second-order valence-electron chi connectivity index (χ2n) is 5.31. The van der Waals surface area contributed by atoms with Crippen LogP contribution in [0.2, 0.25) is 5.02 Å². The van der Waals surface area contributed by atoms with Crippen LogP contribution in [0, 0.1) is 0 Å². The van der Waals surface area contributed by atoms with Gasteiger partial charge in [-0.15, -0.1) is 0 Å². The summed E-state index contributed by atoms with van der Waals surface area (Å²) in [6, 6.07) is 0. The molecule has 0 aliphatic rings. The van der Waals surface area contributed by atoms with Gasteiger partial charge in [0.05, 0.1) is 17.6 Å². The second-order valence-corrected chi connectivity index (χ2v) is 7.50. The average Bonchev–Trinajstić information content (AvgIpc) is 2.55.